The molecule has 0 aliphatic rings. The summed E-state index contributed by atoms with van der Waals surface area (Å²) in [5.41, 5.74) is -0.132. The number of carboxylic acids is 2. The Balaban J connectivity index is 3.04. The number of nitrogens with zero attached hydrogens (tertiary/aromatic N) is 1. The Morgan fingerprint density at radius 2 is 1.90 bits per heavy atom. The van der Waals surface area contributed by atoms with Gasteiger partial charge in [0.15, 0.2) is 0 Å². The van der Waals surface area contributed by atoms with Crippen LogP contribution in [-0.2, 0) is 19.6 Å². The summed E-state index contributed by atoms with van der Waals surface area (Å²) in [6, 6.07) is 5.41. The van der Waals surface area contributed by atoms with Crippen LogP contribution in [0.2, 0.25) is 0 Å². The first kappa shape index (κ1) is 16.6. The van der Waals surface area contributed by atoms with E-state index in [9.17, 15) is 18.0 Å². The number of hydrogen-bond donors (Lipinski definition) is 3. The maximum Gasteiger partial charge on any atom is 0.321 e. The SMILES string of the molecule is N#Cc1ccccc1S(=O)(=O)N[C@@H](CCC(=O)O)C(=O)O. The lowest BCUT2D eigenvalue weighted by atomic mass is 10.2. The van der Waals surface area contributed by atoms with Crippen LogP contribution in [0.25, 0.3) is 0 Å². The van der Waals surface area contributed by atoms with E-state index in [4.69, 9.17) is 15.5 Å². The monoisotopic (exact) mass is 312 g/mol. The number of nitrogens with one attached hydrogen (secondary N) is 1. The summed E-state index contributed by atoms with van der Waals surface area (Å²) in [5.74, 6) is -2.73. The van der Waals surface area contributed by atoms with Gasteiger partial charge in [-0.15, -0.1) is 0 Å². The highest BCUT2D eigenvalue weighted by Crippen LogP contribution is 2.15. The summed E-state index contributed by atoms with van der Waals surface area (Å²) < 4.78 is 26.1. The highest BCUT2D eigenvalue weighted by atomic mass is 32.2. The zero-order valence-electron chi connectivity index (χ0n) is 10.7. The van der Waals surface area contributed by atoms with E-state index in [2.05, 4.69) is 0 Å². The molecule has 3 N–H and O–H groups in total. The third kappa shape index (κ3) is 4.55. The molecule has 0 saturated heterocycles. The second kappa shape index (κ2) is 6.83. The molecule has 8 nitrogen and oxygen atoms in total. The maximum absolute atomic E-state index is 12.1. The van der Waals surface area contributed by atoms with Crippen molar-refractivity contribution >= 4 is 22.0 Å². The second-order valence-electron chi connectivity index (χ2n) is 4.05. The number of benzene rings is 1. The van der Waals surface area contributed by atoms with Crippen molar-refractivity contribution in [3.05, 3.63) is 29.8 Å². The summed E-state index contributed by atoms with van der Waals surface area (Å²) in [5, 5.41) is 26.3. The normalized spacial score (nSPS) is 12.3. The molecule has 0 fully saturated rings. The molecule has 0 aromatic heterocycles. The van der Waals surface area contributed by atoms with Gasteiger partial charge in [-0.05, 0) is 18.6 Å². The molecule has 1 aromatic rings. The van der Waals surface area contributed by atoms with Gasteiger partial charge in [-0.1, -0.05) is 12.1 Å². The van der Waals surface area contributed by atoms with Gasteiger partial charge in [0.25, 0.3) is 0 Å². The van der Waals surface area contributed by atoms with Crippen LogP contribution >= 0.6 is 0 Å². The van der Waals surface area contributed by atoms with Crippen molar-refractivity contribution in [3.63, 3.8) is 0 Å². The van der Waals surface area contributed by atoms with Crippen molar-refractivity contribution in [2.24, 2.45) is 0 Å². The van der Waals surface area contributed by atoms with Crippen molar-refractivity contribution in [1.82, 2.24) is 4.72 Å². The van der Waals surface area contributed by atoms with Gasteiger partial charge in [0.05, 0.1) is 10.5 Å². The predicted octanol–water partition coefficient (Wildman–Crippen LogP) is 0.155. The Bertz CT molecular complexity index is 692. The minimum absolute atomic E-state index is 0.132. The van der Waals surface area contributed by atoms with Gasteiger partial charge in [-0.2, -0.15) is 9.98 Å². The lowest BCUT2D eigenvalue weighted by Crippen LogP contribution is -2.41. The number of nitriles is 1. The van der Waals surface area contributed by atoms with Gasteiger partial charge in [0, 0.05) is 6.42 Å². The van der Waals surface area contributed by atoms with E-state index in [-0.39, 0.29) is 10.5 Å². The van der Waals surface area contributed by atoms with E-state index in [1.807, 2.05) is 4.72 Å². The van der Waals surface area contributed by atoms with Crippen molar-refractivity contribution in [1.29, 1.82) is 5.26 Å². The van der Waals surface area contributed by atoms with Gasteiger partial charge in [-0.25, -0.2) is 8.42 Å². The van der Waals surface area contributed by atoms with Gasteiger partial charge in [-0.3, -0.25) is 9.59 Å². The molecule has 0 spiro atoms. The molecular weight excluding hydrogens is 300 g/mol. The van der Waals surface area contributed by atoms with E-state index in [0.717, 1.165) is 6.07 Å². The molecule has 9 heteroatoms. The molecule has 1 aromatic carbocycles. The molecule has 0 radical (unpaired) electrons. The smallest absolute Gasteiger partial charge is 0.321 e. The van der Waals surface area contributed by atoms with Crippen molar-refractivity contribution in [2.75, 3.05) is 0 Å². The predicted molar refractivity (Wildman–Crippen MR) is 69.8 cm³/mol. The number of carbonyl (C=O) groups is 2. The van der Waals surface area contributed by atoms with Crippen LogP contribution in [0.4, 0.5) is 0 Å². The summed E-state index contributed by atoms with van der Waals surface area (Å²) in [6.07, 6.45) is -0.905. The fraction of sp³-hybridized carbons (Fsp3) is 0.250. The van der Waals surface area contributed by atoms with Crippen molar-refractivity contribution in [2.45, 2.75) is 23.8 Å². The van der Waals surface area contributed by atoms with Crippen molar-refractivity contribution in [3.8, 4) is 6.07 Å². The Kier molecular flexibility index (Phi) is 5.40. The molecule has 0 aliphatic carbocycles. The summed E-state index contributed by atoms with van der Waals surface area (Å²) in [7, 11) is -4.24. The number of sulfonamides is 1. The van der Waals surface area contributed by atoms with Crippen LogP contribution in [0.5, 0.6) is 0 Å². The van der Waals surface area contributed by atoms with Gasteiger partial charge < -0.3 is 10.2 Å². The molecule has 0 unspecified atom stereocenters. The average Bonchev–Trinajstić information content (AvgIpc) is 2.42. The summed E-state index contributed by atoms with van der Waals surface area (Å²) >= 11 is 0. The van der Waals surface area contributed by atoms with Gasteiger partial charge in [0.2, 0.25) is 10.0 Å². The largest absolute Gasteiger partial charge is 0.481 e. The molecule has 0 bridgehead atoms. The topological polar surface area (TPSA) is 145 Å². The van der Waals surface area contributed by atoms with Gasteiger partial charge in [0.1, 0.15) is 12.1 Å². The van der Waals surface area contributed by atoms with E-state index >= 15 is 0 Å². The number of aliphatic carboxylic acids is 2. The zero-order valence-corrected chi connectivity index (χ0v) is 11.5. The first-order valence-corrected chi connectivity index (χ1v) is 7.22. The van der Waals surface area contributed by atoms with E-state index in [0.29, 0.717) is 0 Å². The van der Waals surface area contributed by atoms with E-state index in [1.54, 1.807) is 6.07 Å². The quantitative estimate of drug-likeness (QED) is 0.650. The number of hydrogen-bond acceptors (Lipinski definition) is 5. The van der Waals surface area contributed by atoms with Crippen molar-refractivity contribution < 1.29 is 28.2 Å². The van der Waals surface area contributed by atoms with Crippen LogP contribution in [-0.4, -0.2) is 36.6 Å². The van der Waals surface area contributed by atoms with Gasteiger partial charge >= 0.3 is 11.9 Å². The molecule has 0 aliphatic heterocycles. The first-order chi connectivity index (χ1) is 9.77. The standard InChI is InChI=1S/C12H12N2O6S/c13-7-8-3-1-2-4-10(8)21(19,20)14-9(12(17)18)5-6-11(15)16/h1-4,9,14H,5-6H2,(H,15,16)(H,17,18)/t9-/m0/s1. The van der Waals surface area contributed by atoms with E-state index in [1.165, 1.54) is 18.2 Å². The number of carboxylic acid groups (broad SMARTS) is 2. The summed E-state index contributed by atoms with van der Waals surface area (Å²) in [6.45, 7) is 0. The Morgan fingerprint density at radius 1 is 1.29 bits per heavy atom. The molecule has 21 heavy (non-hydrogen) atoms. The molecule has 0 heterocycles. The molecular formula is C12H12N2O6S. The minimum atomic E-state index is -4.24. The van der Waals surface area contributed by atoms with Crippen LogP contribution in [0.15, 0.2) is 29.2 Å². The molecule has 0 saturated carbocycles. The lowest BCUT2D eigenvalue weighted by molar-refractivity contribution is -0.140. The lowest BCUT2D eigenvalue weighted by Gasteiger charge is -2.14. The molecule has 1 atom stereocenters. The highest BCUT2D eigenvalue weighted by Gasteiger charge is 2.27. The Hall–Kier alpha value is -2.44. The number of rotatable bonds is 7. The van der Waals surface area contributed by atoms with Crippen LogP contribution < -0.4 is 4.72 Å². The third-order valence-corrected chi connectivity index (χ3v) is 4.07. The Morgan fingerprint density at radius 3 is 2.43 bits per heavy atom. The van der Waals surface area contributed by atoms with Crippen LogP contribution in [0, 0.1) is 11.3 Å². The average molecular weight is 312 g/mol. The molecule has 1 rings (SSSR count). The fourth-order valence-electron chi connectivity index (χ4n) is 1.54. The maximum atomic E-state index is 12.1. The minimum Gasteiger partial charge on any atom is -0.481 e. The zero-order chi connectivity index (χ0) is 16.0. The fourth-order valence-corrected chi connectivity index (χ4v) is 2.93. The summed E-state index contributed by atoms with van der Waals surface area (Å²) in [4.78, 5) is 21.1. The van der Waals surface area contributed by atoms with Crippen LogP contribution in [0.1, 0.15) is 18.4 Å². The molecule has 112 valence electrons. The highest BCUT2D eigenvalue weighted by molar-refractivity contribution is 7.89. The van der Waals surface area contributed by atoms with E-state index < -0.39 is 40.8 Å². The molecule has 0 amide bonds. The first-order valence-electron chi connectivity index (χ1n) is 5.74. The second-order valence-corrected chi connectivity index (χ2v) is 5.73. The van der Waals surface area contributed by atoms with Crippen LogP contribution in [0.3, 0.4) is 0 Å². The third-order valence-electron chi connectivity index (χ3n) is 2.54. The Labute approximate surface area is 120 Å².